The minimum Gasteiger partial charge on any atom is -0.395 e. The highest BCUT2D eigenvalue weighted by Gasteiger charge is 2.30. The Kier molecular flexibility index (Phi) is 3.70. The van der Waals surface area contributed by atoms with E-state index >= 15 is 0 Å². The predicted molar refractivity (Wildman–Crippen MR) is 50.8 cm³/mol. The minimum absolute atomic E-state index is 0.0995. The van der Waals surface area contributed by atoms with Crippen LogP contribution in [-0.2, 0) is 10.0 Å². The minimum atomic E-state index is -3.10. The van der Waals surface area contributed by atoms with Crippen molar-refractivity contribution in [2.75, 3.05) is 25.4 Å². The molecule has 0 aromatic rings. The van der Waals surface area contributed by atoms with Gasteiger partial charge in [0.25, 0.3) is 0 Å². The molecule has 0 amide bonds. The van der Waals surface area contributed by atoms with E-state index in [2.05, 4.69) is 0 Å². The molecule has 0 unspecified atom stereocenters. The molecule has 1 aliphatic rings. The average molecular weight is 207 g/mol. The van der Waals surface area contributed by atoms with Crippen molar-refractivity contribution in [3.05, 3.63) is 0 Å². The normalized spacial score (nSPS) is 18.1. The van der Waals surface area contributed by atoms with E-state index in [-0.39, 0.29) is 18.9 Å². The number of sulfonamides is 1. The molecule has 78 valence electrons. The second-order valence-electron chi connectivity index (χ2n) is 3.44. The van der Waals surface area contributed by atoms with E-state index in [1.807, 2.05) is 0 Å². The first-order valence-corrected chi connectivity index (χ1v) is 6.29. The van der Waals surface area contributed by atoms with Crippen molar-refractivity contribution in [3.63, 3.8) is 0 Å². The molecular weight excluding hydrogens is 190 g/mol. The molecule has 0 heterocycles. The zero-order valence-electron chi connectivity index (χ0n) is 7.94. The third-order valence-electron chi connectivity index (χ3n) is 2.24. The molecule has 1 N–H and O–H groups in total. The average Bonchev–Trinajstić information content (AvgIpc) is 2.82. The van der Waals surface area contributed by atoms with Gasteiger partial charge in [-0.05, 0) is 18.8 Å². The van der Waals surface area contributed by atoms with Crippen LogP contribution in [0.5, 0.6) is 0 Å². The molecule has 1 saturated carbocycles. The van der Waals surface area contributed by atoms with Crippen LogP contribution in [0.25, 0.3) is 0 Å². The van der Waals surface area contributed by atoms with Gasteiger partial charge in [-0.1, -0.05) is 6.92 Å². The second kappa shape index (κ2) is 4.39. The highest BCUT2D eigenvalue weighted by atomic mass is 32.2. The highest BCUT2D eigenvalue weighted by molar-refractivity contribution is 7.89. The van der Waals surface area contributed by atoms with Gasteiger partial charge in [-0.25, -0.2) is 8.42 Å². The number of nitrogens with zero attached hydrogens (tertiary/aromatic N) is 1. The van der Waals surface area contributed by atoms with E-state index < -0.39 is 10.0 Å². The second-order valence-corrected chi connectivity index (χ2v) is 5.45. The largest absolute Gasteiger partial charge is 0.395 e. The van der Waals surface area contributed by atoms with E-state index in [0.29, 0.717) is 12.5 Å². The Morgan fingerprint density at radius 1 is 1.46 bits per heavy atom. The third-order valence-corrected chi connectivity index (χ3v) is 4.36. The summed E-state index contributed by atoms with van der Waals surface area (Å²) < 4.78 is 24.6. The first-order chi connectivity index (χ1) is 6.10. The van der Waals surface area contributed by atoms with Gasteiger partial charge >= 0.3 is 0 Å². The summed E-state index contributed by atoms with van der Waals surface area (Å²) in [6.07, 6.45) is 2.08. The summed E-state index contributed by atoms with van der Waals surface area (Å²) in [4.78, 5) is 0. The highest BCUT2D eigenvalue weighted by Crippen LogP contribution is 2.31. The molecule has 0 aliphatic heterocycles. The van der Waals surface area contributed by atoms with Crippen molar-refractivity contribution in [2.24, 2.45) is 5.92 Å². The number of aliphatic hydroxyl groups is 1. The Morgan fingerprint density at radius 2 is 2.08 bits per heavy atom. The number of rotatable bonds is 6. The predicted octanol–water partition coefficient (Wildman–Crippen LogP) is 0.0404. The molecule has 5 heteroatoms. The third kappa shape index (κ3) is 3.25. The van der Waals surface area contributed by atoms with E-state index in [9.17, 15) is 8.42 Å². The van der Waals surface area contributed by atoms with Crippen LogP contribution in [-0.4, -0.2) is 43.3 Å². The van der Waals surface area contributed by atoms with Gasteiger partial charge in [0.1, 0.15) is 0 Å². The Hall–Kier alpha value is -0.130. The fourth-order valence-corrected chi connectivity index (χ4v) is 3.19. The first-order valence-electron chi connectivity index (χ1n) is 4.69. The van der Waals surface area contributed by atoms with Gasteiger partial charge in [0.15, 0.2) is 0 Å². The van der Waals surface area contributed by atoms with Gasteiger partial charge in [-0.3, -0.25) is 0 Å². The summed E-state index contributed by atoms with van der Waals surface area (Å²) in [5.74, 6) is 0.638. The van der Waals surface area contributed by atoms with Gasteiger partial charge in [0, 0.05) is 13.1 Å². The lowest BCUT2D eigenvalue weighted by atomic mass is 10.5. The fraction of sp³-hybridized carbons (Fsp3) is 1.00. The van der Waals surface area contributed by atoms with Gasteiger partial charge in [-0.15, -0.1) is 0 Å². The quantitative estimate of drug-likeness (QED) is 0.669. The summed E-state index contributed by atoms with van der Waals surface area (Å²) >= 11 is 0. The topological polar surface area (TPSA) is 57.6 Å². The maximum absolute atomic E-state index is 11.6. The molecule has 1 aliphatic carbocycles. The molecule has 0 radical (unpaired) electrons. The Bertz CT molecular complexity index is 246. The van der Waals surface area contributed by atoms with Gasteiger partial charge in [-0.2, -0.15) is 4.31 Å². The van der Waals surface area contributed by atoms with Crippen LogP contribution >= 0.6 is 0 Å². The summed E-state index contributed by atoms with van der Waals surface area (Å²) in [7, 11) is -3.10. The van der Waals surface area contributed by atoms with E-state index in [4.69, 9.17) is 5.11 Å². The molecule has 13 heavy (non-hydrogen) atoms. The Labute approximate surface area is 79.6 Å². The molecule has 0 spiro atoms. The van der Waals surface area contributed by atoms with Crippen LogP contribution in [0.3, 0.4) is 0 Å². The summed E-state index contributed by atoms with van der Waals surface area (Å²) in [5, 5.41) is 8.67. The van der Waals surface area contributed by atoms with Crippen molar-refractivity contribution < 1.29 is 13.5 Å². The standard InChI is InChI=1S/C8H17NO3S/c1-2-9(5-6-10)13(11,12)7-8-3-4-8/h8,10H,2-7H2,1H3. The molecule has 0 bridgehead atoms. The molecule has 1 fully saturated rings. The van der Waals surface area contributed by atoms with Crippen LogP contribution in [0, 0.1) is 5.92 Å². The Balaban J connectivity index is 2.52. The van der Waals surface area contributed by atoms with Crippen LogP contribution in [0.2, 0.25) is 0 Å². The maximum Gasteiger partial charge on any atom is 0.214 e. The molecule has 4 nitrogen and oxygen atoms in total. The zero-order valence-corrected chi connectivity index (χ0v) is 8.76. The van der Waals surface area contributed by atoms with Crippen LogP contribution in [0.4, 0.5) is 0 Å². The van der Waals surface area contributed by atoms with Gasteiger partial charge < -0.3 is 5.11 Å². The van der Waals surface area contributed by atoms with Gasteiger partial charge in [0.05, 0.1) is 12.4 Å². The monoisotopic (exact) mass is 207 g/mol. The molecular formula is C8H17NO3S. The number of hydrogen-bond acceptors (Lipinski definition) is 3. The first kappa shape index (κ1) is 10.9. The van der Waals surface area contributed by atoms with Crippen LogP contribution in [0.15, 0.2) is 0 Å². The van der Waals surface area contributed by atoms with Crippen LogP contribution < -0.4 is 0 Å². The van der Waals surface area contributed by atoms with Crippen molar-refractivity contribution in [3.8, 4) is 0 Å². The van der Waals surface area contributed by atoms with Crippen molar-refractivity contribution in [1.82, 2.24) is 4.31 Å². The van der Waals surface area contributed by atoms with Crippen LogP contribution in [0.1, 0.15) is 19.8 Å². The van der Waals surface area contributed by atoms with Crippen molar-refractivity contribution in [2.45, 2.75) is 19.8 Å². The lowest BCUT2D eigenvalue weighted by molar-refractivity contribution is 0.257. The number of hydrogen-bond donors (Lipinski definition) is 1. The zero-order chi connectivity index (χ0) is 9.90. The number of aliphatic hydroxyl groups excluding tert-OH is 1. The van der Waals surface area contributed by atoms with E-state index in [1.165, 1.54) is 4.31 Å². The summed E-state index contributed by atoms with van der Waals surface area (Å²) in [5.41, 5.74) is 0. The van der Waals surface area contributed by atoms with Crippen molar-refractivity contribution in [1.29, 1.82) is 0 Å². The van der Waals surface area contributed by atoms with Gasteiger partial charge in [0.2, 0.25) is 10.0 Å². The van der Waals surface area contributed by atoms with Crippen molar-refractivity contribution >= 4 is 10.0 Å². The fourth-order valence-electron chi connectivity index (χ4n) is 1.29. The van der Waals surface area contributed by atoms with E-state index in [1.54, 1.807) is 6.92 Å². The molecule has 0 atom stereocenters. The maximum atomic E-state index is 11.6. The molecule has 1 rings (SSSR count). The summed E-state index contributed by atoms with van der Waals surface area (Å²) in [6.45, 7) is 2.37. The van der Waals surface area contributed by atoms with E-state index in [0.717, 1.165) is 12.8 Å². The summed E-state index contributed by atoms with van der Waals surface area (Å²) in [6, 6.07) is 0. The smallest absolute Gasteiger partial charge is 0.214 e. The lowest BCUT2D eigenvalue weighted by Gasteiger charge is -2.18. The molecule has 0 aromatic heterocycles. The Morgan fingerprint density at radius 3 is 2.46 bits per heavy atom. The SMILES string of the molecule is CCN(CCO)S(=O)(=O)CC1CC1. The number of likely N-dealkylation sites (N-methyl/N-ethyl adjacent to an activating group) is 1. The molecule has 0 aromatic carbocycles. The molecule has 0 saturated heterocycles. The lowest BCUT2D eigenvalue weighted by Crippen LogP contribution is -2.35.